The van der Waals surface area contributed by atoms with Gasteiger partial charge in [0.05, 0.1) is 23.2 Å². The first-order valence-corrected chi connectivity index (χ1v) is 9.87. The summed E-state index contributed by atoms with van der Waals surface area (Å²) in [7, 11) is 4.11. The van der Waals surface area contributed by atoms with E-state index in [2.05, 4.69) is 22.0 Å². The first-order chi connectivity index (χ1) is 14.8. The van der Waals surface area contributed by atoms with Gasteiger partial charge in [0, 0.05) is 14.1 Å². The van der Waals surface area contributed by atoms with Crippen molar-refractivity contribution in [1.29, 1.82) is 5.26 Å². The number of nitriles is 1. The van der Waals surface area contributed by atoms with Crippen LogP contribution in [0.4, 0.5) is 4.79 Å². The molecule has 0 atom stereocenters. The Hall–Kier alpha value is -3.64. The largest absolute Gasteiger partial charge is 0.493 e. The molecule has 1 saturated heterocycles. The number of rotatable bonds is 5. The summed E-state index contributed by atoms with van der Waals surface area (Å²) >= 11 is 3.44. The molecule has 0 bridgehead atoms. The molecule has 2 aromatic carbocycles. The predicted octanol–water partition coefficient (Wildman–Crippen LogP) is 3.34. The molecule has 3 rings (SSSR count). The molecular weight excluding hydrogens is 466 g/mol. The Labute approximate surface area is 187 Å². The number of imide groups is 2. The van der Waals surface area contributed by atoms with Crippen molar-refractivity contribution in [2.75, 3.05) is 21.2 Å². The fraction of sp³-hybridized carbons (Fsp3) is 0.182. The van der Waals surface area contributed by atoms with Crippen LogP contribution in [0.3, 0.4) is 0 Å². The van der Waals surface area contributed by atoms with Crippen LogP contribution in [-0.4, -0.2) is 48.9 Å². The fourth-order valence-corrected chi connectivity index (χ4v) is 3.51. The molecule has 1 aliphatic rings. The number of hydrogen-bond donors (Lipinski definition) is 0. The van der Waals surface area contributed by atoms with E-state index in [1.165, 1.54) is 27.3 Å². The van der Waals surface area contributed by atoms with Gasteiger partial charge in [-0.2, -0.15) is 5.26 Å². The van der Waals surface area contributed by atoms with Gasteiger partial charge in [-0.25, -0.2) is 4.79 Å². The lowest BCUT2D eigenvalue weighted by Crippen LogP contribution is -2.52. The maximum Gasteiger partial charge on any atom is 0.333 e. The minimum atomic E-state index is -0.683. The number of methoxy groups -OCH3 is 1. The first-order valence-electron chi connectivity index (χ1n) is 9.08. The number of halogens is 1. The van der Waals surface area contributed by atoms with Crippen molar-refractivity contribution in [2.45, 2.75) is 6.61 Å². The maximum absolute atomic E-state index is 12.4. The van der Waals surface area contributed by atoms with Crippen LogP contribution in [0.15, 0.2) is 46.4 Å². The Kier molecular flexibility index (Phi) is 6.42. The third-order valence-corrected chi connectivity index (χ3v) is 5.26. The van der Waals surface area contributed by atoms with E-state index in [-0.39, 0.29) is 12.2 Å². The van der Waals surface area contributed by atoms with Crippen molar-refractivity contribution >= 4 is 39.9 Å². The van der Waals surface area contributed by atoms with Crippen molar-refractivity contribution in [3.8, 4) is 17.6 Å². The molecule has 31 heavy (non-hydrogen) atoms. The monoisotopic (exact) mass is 483 g/mol. The molecule has 8 nitrogen and oxygen atoms in total. The number of likely N-dealkylation sites (N-methyl/N-ethyl adjacent to an activating group) is 2. The van der Waals surface area contributed by atoms with E-state index in [4.69, 9.17) is 14.7 Å². The molecule has 0 aliphatic carbocycles. The van der Waals surface area contributed by atoms with Gasteiger partial charge in [0.15, 0.2) is 11.5 Å². The van der Waals surface area contributed by atoms with Crippen molar-refractivity contribution in [3.05, 3.63) is 63.1 Å². The zero-order chi connectivity index (χ0) is 22.7. The standard InChI is InChI=1S/C22H18BrN3O5/c1-25-20(27)16(21(28)26(2)22(25)29)8-15-9-17(23)19(18(10-15)30-3)31-12-14-6-4-13(11-24)5-7-14/h4-10H,12H2,1-3H3. The third-order valence-electron chi connectivity index (χ3n) is 4.67. The van der Waals surface area contributed by atoms with Gasteiger partial charge >= 0.3 is 6.03 Å². The predicted molar refractivity (Wildman–Crippen MR) is 115 cm³/mol. The summed E-state index contributed by atoms with van der Waals surface area (Å²) in [5, 5.41) is 8.89. The highest BCUT2D eigenvalue weighted by molar-refractivity contribution is 9.10. The van der Waals surface area contributed by atoms with Gasteiger partial charge in [0.1, 0.15) is 12.2 Å². The van der Waals surface area contributed by atoms with Gasteiger partial charge in [-0.1, -0.05) is 12.1 Å². The van der Waals surface area contributed by atoms with E-state index in [0.717, 1.165) is 15.4 Å². The number of ether oxygens (including phenoxy) is 2. The smallest absolute Gasteiger partial charge is 0.333 e. The van der Waals surface area contributed by atoms with Crippen LogP contribution in [0.2, 0.25) is 0 Å². The highest BCUT2D eigenvalue weighted by Gasteiger charge is 2.37. The quantitative estimate of drug-likeness (QED) is 0.477. The molecule has 1 heterocycles. The maximum atomic E-state index is 12.4. The summed E-state index contributed by atoms with van der Waals surface area (Å²) in [6.45, 7) is 0.246. The molecule has 1 aliphatic heterocycles. The molecule has 4 amide bonds. The average molecular weight is 484 g/mol. The van der Waals surface area contributed by atoms with Crippen molar-refractivity contribution in [3.63, 3.8) is 0 Å². The summed E-state index contributed by atoms with van der Waals surface area (Å²) in [5.41, 5.74) is 1.81. The van der Waals surface area contributed by atoms with E-state index in [1.807, 2.05) is 0 Å². The second-order valence-electron chi connectivity index (χ2n) is 6.70. The lowest BCUT2D eigenvalue weighted by molar-refractivity contribution is -0.134. The minimum Gasteiger partial charge on any atom is -0.493 e. The van der Waals surface area contributed by atoms with Crippen LogP contribution in [0.25, 0.3) is 6.08 Å². The lowest BCUT2D eigenvalue weighted by Gasteiger charge is -2.28. The van der Waals surface area contributed by atoms with Gasteiger partial charge < -0.3 is 9.47 Å². The zero-order valence-corrected chi connectivity index (χ0v) is 18.6. The van der Waals surface area contributed by atoms with E-state index >= 15 is 0 Å². The summed E-state index contributed by atoms with van der Waals surface area (Å²) in [4.78, 5) is 38.5. The number of carbonyl (C=O) groups excluding carboxylic acids is 3. The molecule has 1 fully saturated rings. The van der Waals surface area contributed by atoms with Crippen LogP contribution in [0.1, 0.15) is 16.7 Å². The van der Waals surface area contributed by atoms with Crippen LogP contribution < -0.4 is 9.47 Å². The molecule has 0 aromatic heterocycles. The lowest BCUT2D eigenvalue weighted by atomic mass is 10.1. The molecule has 0 saturated carbocycles. The van der Waals surface area contributed by atoms with Gasteiger partial charge in [0.2, 0.25) is 0 Å². The second kappa shape index (κ2) is 9.02. The molecule has 9 heteroatoms. The summed E-state index contributed by atoms with van der Waals surface area (Å²) in [6, 6.07) is 11.7. The van der Waals surface area contributed by atoms with E-state index in [9.17, 15) is 14.4 Å². The first kappa shape index (κ1) is 22.1. The van der Waals surface area contributed by atoms with E-state index < -0.39 is 17.8 Å². The molecule has 0 radical (unpaired) electrons. The Morgan fingerprint density at radius 2 is 1.68 bits per heavy atom. The average Bonchev–Trinajstić information content (AvgIpc) is 2.78. The van der Waals surface area contributed by atoms with Crippen molar-refractivity contribution in [2.24, 2.45) is 0 Å². The van der Waals surface area contributed by atoms with Crippen molar-refractivity contribution in [1.82, 2.24) is 9.80 Å². The Balaban J connectivity index is 1.89. The highest BCUT2D eigenvalue weighted by atomic mass is 79.9. The number of carbonyl (C=O) groups is 3. The van der Waals surface area contributed by atoms with E-state index in [0.29, 0.717) is 27.1 Å². The SMILES string of the molecule is COc1cc(C=C2C(=O)N(C)C(=O)N(C)C2=O)cc(Br)c1OCc1ccc(C#N)cc1. The second-order valence-corrected chi connectivity index (χ2v) is 7.55. The number of barbiturate groups is 1. The zero-order valence-electron chi connectivity index (χ0n) is 17.0. The normalized spacial score (nSPS) is 13.9. The highest BCUT2D eigenvalue weighted by Crippen LogP contribution is 2.38. The number of hydrogen-bond acceptors (Lipinski definition) is 6. The van der Waals surface area contributed by atoms with Crippen LogP contribution in [0.5, 0.6) is 11.5 Å². The van der Waals surface area contributed by atoms with Crippen molar-refractivity contribution < 1.29 is 23.9 Å². The van der Waals surface area contributed by atoms with Gasteiger partial charge in [-0.05, 0) is 57.4 Å². The van der Waals surface area contributed by atoms with Gasteiger partial charge in [-0.15, -0.1) is 0 Å². The number of urea groups is 1. The molecule has 0 spiro atoms. The Morgan fingerprint density at radius 1 is 1.06 bits per heavy atom. The Bertz CT molecular complexity index is 1110. The van der Waals surface area contributed by atoms with Gasteiger partial charge in [-0.3, -0.25) is 19.4 Å². The number of benzene rings is 2. The molecule has 0 unspecified atom stereocenters. The molecular formula is C22H18BrN3O5. The number of nitrogens with zero attached hydrogens (tertiary/aromatic N) is 3. The molecule has 0 N–H and O–H groups in total. The van der Waals surface area contributed by atoms with Crippen LogP contribution >= 0.6 is 15.9 Å². The van der Waals surface area contributed by atoms with Crippen LogP contribution in [0, 0.1) is 11.3 Å². The summed E-state index contributed by atoms with van der Waals surface area (Å²) in [6.07, 6.45) is 1.40. The topological polar surface area (TPSA) is 99.9 Å². The minimum absolute atomic E-state index is 0.134. The third kappa shape index (κ3) is 4.44. The summed E-state index contributed by atoms with van der Waals surface area (Å²) < 4.78 is 11.9. The fourth-order valence-electron chi connectivity index (χ4n) is 2.94. The van der Waals surface area contributed by atoms with E-state index in [1.54, 1.807) is 36.4 Å². The molecule has 158 valence electrons. The number of amides is 4. The Morgan fingerprint density at radius 3 is 2.23 bits per heavy atom. The van der Waals surface area contributed by atoms with Gasteiger partial charge in [0.25, 0.3) is 11.8 Å². The summed E-state index contributed by atoms with van der Waals surface area (Å²) in [5.74, 6) is -0.517. The van der Waals surface area contributed by atoms with Crippen LogP contribution in [-0.2, 0) is 16.2 Å². The molecule has 2 aromatic rings.